The van der Waals surface area contributed by atoms with Crippen molar-refractivity contribution in [2.45, 2.75) is 39.4 Å². The Morgan fingerprint density at radius 2 is 2.31 bits per heavy atom. The van der Waals surface area contributed by atoms with E-state index in [0.717, 1.165) is 12.1 Å². The molecule has 0 bridgehead atoms. The molecule has 1 aliphatic rings. The topological polar surface area (TPSA) is 41.6 Å². The van der Waals surface area contributed by atoms with Crippen LogP contribution in [0.15, 0.2) is 16.8 Å². The lowest BCUT2D eigenvalue weighted by Crippen LogP contribution is -2.37. The summed E-state index contributed by atoms with van der Waals surface area (Å²) in [5, 5.41) is 0. The zero-order valence-corrected chi connectivity index (χ0v) is 8.91. The lowest BCUT2D eigenvalue weighted by atomic mass is 10.0. The van der Waals surface area contributed by atoms with Crippen LogP contribution in [-0.4, -0.2) is 29.9 Å². The largest absolute Gasteiger partial charge is 0.359 e. The molecule has 0 aromatic carbocycles. The van der Waals surface area contributed by atoms with E-state index in [0.29, 0.717) is 0 Å². The second-order valence-electron chi connectivity index (χ2n) is 3.64. The number of hydrogen-bond donors (Lipinski definition) is 1. The molecule has 13 heavy (non-hydrogen) atoms. The van der Waals surface area contributed by atoms with E-state index in [-0.39, 0.29) is 12.2 Å². The Labute approximate surface area is 80.3 Å². The third-order valence-corrected chi connectivity index (χ3v) is 2.51. The van der Waals surface area contributed by atoms with E-state index in [9.17, 15) is 0 Å². The Hall–Kier alpha value is -0.830. The molecule has 2 N–H and O–H groups in total. The standard InChI is InChI=1S/C10H19N3/c1-5-9(11)10-7(2)6-13(4)8(3)12-10/h6,8-9H,5,11H2,1-4H3/t8-,9+/m0/s1. The third-order valence-electron chi connectivity index (χ3n) is 2.51. The zero-order chi connectivity index (χ0) is 10.0. The van der Waals surface area contributed by atoms with Gasteiger partial charge in [0.25, 0.3) is 0 Å². The highest BCUT2D eigenvalue weighted by molar-refractivity contribution is 6.03. The normalized spacial score (nSPS) is 25.3. The summed E-state index contributed by atoms with van der Waals surface area (Å²) < 4.78 is 0. The first-order valence-corrected chi connectivity index (χ1v) is 4.80. The predicted molar refractivity (Wildman–Crippen MR) is 56.7 cm³/mol. The van der Waals surface area contributed by atoms with Gasteiger partial charge in [0.1, 0.15) is 6.17 Å². The molecule has 1 aliphatic heterocycles. The van der Waals surface area contributed by atoms with E-state index in [4.69, 9.17) is 5.73 Å². The van der Waals surface area contributed by atoms with Crippen LogP contribution in [0.3, 0.4) is 0 Å². The molecule has 0 fully saturated rings. The van der Waals surface area contributed by atoms with E-state index < -0.39 is 0 Å². The SMILES string of the molecule is CC[C@@H](N)C1=N[C@H](C)N(C)C=C1C. The summed E-state index contributed by atoms with van der Waals surface area (Å²) in [7, 11) is 2.03. The average Bonchev–Trinajstić information content (AvgIpc) is 2.10. The van der Waals surface area contributed by atoms with Crippen LogP contribution in [0.2, 0.25) is 0 Å². The molecule has 0 spiro atoms. The zero-order valence-electron chi connectivity index (χ0n) is 8.91. The van der Waals surface area contributed by atoms with E-state index in [2.05, 4.69) is 36.9 Å². The number of nitrogens with zero attached hydrogens (tertiary/aromatic N) is 2. The Morgan fingerprint density at radius 1 is 1.69 bits per heavy atom. The van der Waals surface area contributed by atoms with Gasteiger partial charge in [-0.2, -0.15) is 0 Å². The molecule has 1 heterocycles. The van der Waals surface area contributed by atoms with Crippen molar-refractivity contribution in [3.63, 3.8) is 0 Å². The fraction of sp³-hybridized carbons (Fsp3) is 0.700. The van der Waals surface area contributed by atoms with Crippen molar-refractivity contribution in [2.24, 2.45) is 10.7 Å². The number of rotatable bonds is 2. The molecule has 74 valence electrons. The van der Waals surface area contributed by atoms with E-state index in [1.807, 2.05) is 7.05 Å². The minimum absolute atomic E-state index is 0.0902. The van der Waals surface area contributed by atoms with Crippen LogP contribution in [-0.2, 0) is 0 Å². The van der Waals surface area contributed by atoms with Crippen molar-refractivity contribution in [3.05, 3.63) is 11.8 Å². The highest BCUT2D eigenvalue weighted by Crippen LogP contribution is 2.14. The highest BCUT2D eigenvalue weighted by atomic mass is 15.2. The third kappa shape index (κ3) is 2.10. The van der Waals surface area contributed by atoms with Gasteiger partial charge in [-0.3, -0.25) is 4.99 Å². The maximum Gasteiger partial charge on any atom is 0.117 e. The van der Waals surface area contributed by atoms with E-state index >= 15 is 0 Å². The number of nitrogens with two attached hydrogens (primary N) is 1. The average molecular weight is 181 g/mol. The van der Waals surface area contributed by atoms with Crippen molar-refractivity contribution in [1.82, 2.24) is 4.90 Å². The molecule has 0 amide bonds. The van der Waals surface area contributed by atoms with Crippen molar-refractivity contribution in [3.8, 4) is 0 Å². The fourth-order valence-corrected chi connectivity index (χ4v) is 1.46. The summed E-state index contributed by atoms with van der Waals surface area (Å²) in [6.45, 7) is 6.23. The minimum atomic E-state index is 0.0902. The first-order valence-electron chi connectivity index (χ1n) is 4.80. The van der Waals surface area contributed by atoms with Gasteiger partial charge in [0.05, 0.1) is 5.71 Å². The van der Waals surface area contributed by atoms with Gasteiger partial charge in [0.15, 0.2) is 0 Å². The van der Waals surface area contributed by atoms with Gasteiger partial charge < -0.3 is 10.6 Å². The molecule has 3 nitrogen and oxygen atoms in total. The molecular formula is C10H19N3. The van der Waals surface area contributed by atoms with Gasteiger partial charge in [0.2, 0.25) is 0 Å². The Bertz CT molecular complexity index is 243. The number of aliphatic imine (C=N–C) groups is 1. The van der Waals surface area contributed by atoms with Crippen molar-refractivity contribution >= 4 is 5.71 Å². The summed E-state index contributed by atoms with van der Waals surface area (Å²) in [6.07, 6.45) is 3.28. The molecule has 2 atom stereocenters. The van der Waals surface area contributed by atoms with E-state index in [1.165, 1.54) is 5.57 Å². The van der Waals surface area contributed by atoms with Gasteiger partial charge in [-0.15, -0.1) is 0 Å². The molecule has 0 aromatic heterocycles. The van der Waals surface area contributed by atoms with Gasteiger partial charge >= 0.3 is 0 Å². The summed E-state index contributed by atoms with van der Waals surface area (Å²) in [6, 6.07) is 0.0902. The molecule has 0 unspecified atom stereocenters. The quantitative estimate of drug-likeness (QED) is 0.699. The number of hydrogen-bond acceptors (Lipinski definition) is 3. The molecule has 0 radical (unpaired) electrons. The fourth-order valence-electron chi connectivity index (χ4n) is 1.46. The molecule has 0 aliphatic carbocycles. The monoisotopic (exact) mass is 181 g/mol. The first-order chi connectivity index (χ1) is 6.06. The summed E-state index contributed by atoms with van der Waals surface area (Å²) in [4.78, 5) is 6.66. The van der Waals surface area contributed by atoms with Crippen LogP contribution >= 0.6 is 0 Å². The van der Waals surface area contributed by atoms with Gasteiger partial charge in [-0.25, -0.2) is 0 Å². The first kappa shape index (κ1) is 10.3. The van der Waals surface area contributed by atoms with E-state index in [1.54, 1.807) is 0 Å². The van der Waals surface area contributed by atoms with Crippen LogP contribution in [0.5, 0.6) is 0 Å². The molecular weight excluding hydrogens is 162 g/mol. The summed E-state index contributed by atoms with van der Waals surface area (Å²) in [5.74, 6) is 0. The predicted octanol–water partition coefficient (Wildman–Crippen LogP) is 1.36. The summed E-state index contributed by atoms with van der Waals surface area (Å²) in [5.41, 5.74) is 8.21. The second-order valence-corrected chi connectivity index (χ2v) is 3.64. The lowest BCUT2D eigenvalue weighted by molar-refractivity contribution is 0.354. The minimum Gasteiger partial charge on any atom is -0.359 e. The maximum absolute atomic E-state index is 5.96. The smallest absolute Gasteiger partial charge is 0.117 e. The van der Waals surface area contributed by atoms with Crippen molar-refractivity contribution < 1.29 is 0 Å². The van der Waals surface area contributed by atoms with Crippen LogP contribution in [0.1, 0.15) is 27.2 Å². The van der Waals surface area contributed by atoms with Crippen LogP contribution in [0.25, 0.3) is 0 Å². The summed E-state index contributed by atoms with van der Waals surface area (Å²) >= 11 is 0. The maximum atomic E-state index is 5.96. The van der Waals surface area contributed by atoms with Gasteiger partial charge in [-0.1, -0.05) is 6.92 Å². The Kier molecular flexibility index (Phi) is 3.09. The van der Waals surface area contributed by atoms with Crippen molar-refractivity contribution in [2.75, 3.05) is 7.05 Å². The van der Waals surface area contributed by atoms with Crippen LogP contribution in [0, 0.1) is 0 Å². The lowest BCUT2D eigenvalue weighted by Gasteiger charge is -2.28. The Morgan fingerprint density at radius 3 is 2.85 bits per heavy atom. The highest BCUT2D eigenvalue weighted by Gasteiger charge is 2.18. The molecule has 0 aromatic rings. The van der Waals surface area contributed by atoms with Crippen LogP contribution < -0.4 is 5.73 Å². The van der Waals surface area contributed by atoms with Gasteiger partial charge in [0, 0.05) is 19.3 Å². The van der Waals surface area contributed by atoms with Crippen LogP contribution in [0.4, 0.5) is 0 Å². The van der Waals surface area contributed by atoms with Crippen molar-refractivity contribution in [1.29, 1.82) is 0 Å². The molecule has 3 heteroatoms. The Balaban J connectivity index is 2.86. The second kappa shape index (κ2) is 3.92. The molecule has 0 saturated heterocycles. The molecule has 1 rings (SSSR count). The molecule has 0 saturated carbocycles. The van der Waals surface area contributed by atoms with Gasteiger partial charge in [-0.05, 0) is 25.8 Å².